The molecule has 0 spiro atoms. The number of benzene rings is 1. The van der Waals surface area contributed by atoms with Crippen LogP contribution in [0.4, 0.5) is 4.79 Å². The van der Waals surface area contributed by atoms with Gasteiger partial charge in [0.1, 0.15) is 11.6 Å². The van der Waals surface area contributed by atoms with Crippen molar-refractivity contribution in [3.63, 3.8) is 0 Å². The smallest absolute Gasteiger partial charge is 0.408 e. The molecule has 0 bridgehead atoms. The summed E-state index contributed by atoms with van der Waals surface area (Å²) in [5, 5.41) is 2.74. The minimum absolute atomic E-state index is 0.0109. The van der Waals surface area contributed by atoms with Gasteiger partial charge in [0.05, 0.1) is 13.2 Å². The molecule has 2 saturated carbocycles. The molecular weight excluding hydrogens is 450 g/mol. The van der Waals surface area contributed by atoms with Crippen LogP contribution >= 0.6 is 0 Å². The Morgan fingerprint density at radius 1 is 1.06 bits per heavy atom. The molecule has 2 heterocycles. The van der Waals surface area contributed by atoms with Crippen molar-refractivity contribution in [3.8, 4) is 0 Å². The fourth-order valence-corrected chi connectivity index (χ4v) is 5.14. The van der Waals surface area contributed by atoms with Crippen molar-refractivity contribution in [2.75, 3.05) is 26.3 Å². The van der Waals surface area contributed by atoms with Gasteiger partial charge in [0.15, 0.2) is 11.7 Å². The van der Waals surface area contributed by atoms with E-state index in [1.807, 2.05) is 12.1 Å². The van der Waals surface area contributed by atoms with Crippen LogP contribution in [0.5, 0.6) is 0 Å². The molecular formula is C26H33N3O6. The van der Waals surface area contributed by atoms with E-state index in [2.05, 4.69) is 10.3 Å². The number of oxazole rings is 1. The summed E-state index contributed by atoms with van der Waals surface area (Å²) in [6.07, 6.45) is 6.12. The van der Waals surface area contributed by atoms with Crippen LogP contribution in [0.1, 0.15) is 62.1 Å². The van der Waals surface area contributed by atoms with E-state index in [9.17, 15) is 14.4 Å². The predicted molar refractivity (Wildman–Crippen MR) is 127 cm³/mol. The van der Waals surface area contributed by atoms with Crippen molar-refractivity contribution in [2.45, 2.75) is 63.5 Å². The second-order valence-electron chi connectivity index (χ2n) is 9.88. The number of alkyl carbamates (subject to hydrolysis) is 1. The van der Waals surface area contributed by atoms with Crippen molar-refractivity contribution in [2.24, 2.45) is 11.8 Å². The number of Topliss-reactive ketones (excluding diaryl/α,β-unsaturated/α-hetero) is 1. The minimum atomic E-state index is -0.865. The van der Waals surface area contributed by atoms with Crippen molar-refractivity contribution >= 4 is 28.9 Å². The van der Waals surface area contributed by atoms with Crippen LogP contribution in [-0.2, 0) is 14.3 Å². The molecule has 2 aromatic rings. The number of nitrogens with one attached hydrogen (secondary N) is 1. The van der Waals surface area contributed by atoms with Crippen LogP contribution in [0, 0.1) is 11.8 Å². The Morgan fingerprint density at radius 2 is 1.80 bits per heavy atom. The van der Waals surface area contributed by atoms with Gasteiger partial charge in [0, 0.05) is 13.1 Å². The highest BCUT2D eigenvalue weighted by molar-refractivity contribution is 6.00. The third-order valence-electron chi connectivity index (χ3n) is 7.27. The number of morpholine rings is 1. The largest absolute Gasteiger partial charge is 0.436 e. The molecule has 188 valence electrons. The summed E-state index contributed by atoms with van der Waals surface area (Å²) >= 11 is 0. The van der Waals surface area contributed by atoms with Gasteiger partial charge in [-0.2, -0.15) is 0 Å². The Kier molecular flexibility index (Phi) is 7.32. The lowest BCUT2D eigenvalue weighted by atomic mass is 9.85. The fraction of sp³-hybridized carbons (Fsp3) is 0.615. The van der Waals surface area contributed by atoms with Crippen LogP contribution < -0.4 is 5.32 Å². The maximum Gasteiger partial charge on any atom is 0.408 e. The van der Waals surface area contributed by atoms with Crippen molar-refractivity contribution in [3.05, 3.63) is 30.2 Å². The molecule has 1 saturated heterocycles. The number of aromatic nitrogens is 1. The van der Waals surface area contributed by atoms with E-state index in [1.165, 1.54) is 6.42 Å². The molecule has 3 aliphatic rings. The lowest BCUT2D eigenvalue weighted by molar-refractivity contribution is -0.145. The minimum Gasteiger partial charge on any atom is -0.436 e. The SMILES string of the molecule is O=C(NC(C(=O)c1nc2ccccc2o1)C1CC1)OC(CC1CCCCC1)C(=O)N1CCOCC1. The zero-order valence-corrected chi connectivity index (χ0v) is 19.9. The van der Waals surface area contributed by atoms with E-state index >= 15 is 0 Å². The average molecular weight is 484 g/mol. The van der Waals surface area contributed by atoms with Crippen molar-refractivity contribution in [1.82, 2.24) is 15.2 Å². The molecule has 2 amide bonds. The zero-order chi connectivity index (χ0) is 24.2. The van der Waals surface area contributed by atoms with Crippen molar-refractivity contribution < 1.29 is 28.3 Å². The topological polar surface area (TPSA) is 111 Å². The highest BCUT2D eigenvalue weighted by Crippen LogP contribution is 2.35. The molecule has 2 unspecified atom stereocenters. The summed E-state index contributed by atoms with van der Waals surface area (Å²) in [5.41, 5.74) is 1.12. The Balaban J connectivity index is 1.27. The predicted octanol–water partition coefficient (Wildman–Crippen LogP) is 3.71. The maximum atomic E-state index is 13.3. The number of rotatable bonds is 8. The Bertz CT molecular complexity index is 1020. The molecule has 1 aromatic carbocycles. The number of hydrogen-bond donors (Lipinski definition) is 1. The number of carbonyl (C=O) groups excluding carboxylic acids is 3. The van der Waals surface area contributed by atoms with Gasteiger partial charge in [-0.15, -0.1) is 0 Å². The van der Waals surface area contributed by atoms with Crippen LogP contribution in [0.25, 0.3) is 11.1 Å². The van der Waals surface area contributed by atoms with E-state index in [4.69, 9.17) is 13.9 Å². The summed E-state index contributed by atoms with van der Waals surface area (Å²) in [4.78, 5) is 45.5. The van der Waals surface area contributed by atoms with Gasteiger partial charge in [0.25, 0.3) is 11.8 Å². The van der Waals surface area contributed by atoms with Crippen LogP contribution in [0.15, 0.2) is 28.7 Å². The zero-order valence-electron chi connectivity index (χ0n) is 19.9. The van der Waals surface area contributed by atoms with Crippen LogP contribution in [-0.4, -0.2) is 66.1 Å². The average Bonchev–Trinajstić information content (AvgIpc) is 3.64. The van der Waals surface area contributed by atoms with Gasteiger partial charge in [-0.3, -0.25) is 9.59 Å². The lowest BCUT2D eigenvalue weighted by Gasteiger charge is -2.32. The summed E-state index contributed by atoms with van der Waals surface area (Å²) in [7, 11) is 0. The monoisotopic (exact) mass is 483 g/mol. The molecule has 5 rings (SSSR count). The third kappa shape index (κ3) is 5.83. The van der Waals surface area contributed by atoms with Gasteiger partial charge in [-0.05, 0) is 43.2 Å². The first-order chi connectivity index (χ1) is 17.1. The molecule has 1 aliphatic heterocycles. The number of nitrogens with zero attached hydrogens (tertiary/aromatic N) is 2. The van der Waals surface area contributed by atoms with Crippen LogP contribution in [0.2, 0.25) is 0 Å². The van der Waals surface area contributed by atoms with E-state index in [-0.39, 0.29) is 23.5 Å². The van der Waals surface area contributed by atoms with E-state index in [0.29, 0.717) is 49.7 Å². The van der Waals surface area contributed by atoms with Gasteiger partial charge in [-0.1, -0.05) is 44.2 Å². The maximum absolute atomic E-state index is 13.3. The highest BCUT2D eigenvalue weighted by atomic mass is 16.6. The molecule has 2 aliphatic carbocycles. The number of carbonyl (C=O) groups is 3. The quantitative estimate of drug-likeness (QED) is 0.570. The number of fused-ring (bicyclic) bond motifs is 1. The number of ketones is 1. The second kappa shape index (κ2) is 10.8. The Morgan fingerprint density at radius 3 is 2.51 bits per heavy atom. The van der Waals surface area contributed by atoms with Gasteiger partial charge < -0.3 is 24.1 Å². The molecule has 1 N–H and O–H groups in total. The highest BCUT2D eigenvalue weighted by Gasteiger charge is 2.41. The summed E-state index contributed by atoms with van der Waals surface area (Å²) in [5.74, 6) is -0.207. The molecule has 9 nitrogen and oxygen atoms in total. The van der Waals surface area contributed by atoms with Gasteiger partial charge >= 0.3 is 6.09 Å². The van der Waals surface area contributed by atoms with Crippen LogP contribution in [0.3, 0.4) is 0 Å². The molecule has 1 aromatic heterocycles. The fourth-order valence-electron chi connectivity index (χ4n) is 5.14. The number of hydrogen-bond acceptors (Lipinski definition) is 7. The lowest BCUT2D eigenvalue weighted by Crippen LogP contribution is -2.50. The summed E-state index contributed by atoms with van der Waals surface area (Å²) in [6.45, 7) is 1.95. The first-order valence-corrected chi connectivity index (χ1v) is 12.8. The number of amides is 2. The summed E-state index contributed by atoms with van der Waals surface area (Å²) < 4.78 is 16.8. The molecule has 35 heavy (non-hydrogen) atoms. The van der Waals surface area contributed by atoms with Gasteiger partial charge in [-0.25, -0.2) is 9.78 Å². The third-order valence-corrected chi connectivity index (χ3v) is 7.27. The number of ether oxygens (including phenoxy) is 2. The molecule has 3 fully saturated rings. The summed E-state index contributed by atoms with van der Waals surface area (Å²) in [6, 6.07) is 6.37. The van der Waals surface area contributed by atoms with E-state index < -0.39 is 18.2 Å². The normalized spacial score (nSPS) is 20.9. The van der Waals surface area contributed by atoms with Gasteiger partial charge in [0.2, 0.25) is 5.78 Å². The Hall–Kier alpha value is -2.94. The van der Waals surface area contributed by atoms with Crippen molar-refractivity contribution in [1.29, 1.82) is 0 Å². The second-order valence-corrected chi connectivity index (χ2v) is 9.88. The molecule has 2 atom stereocenters. The standard InChI is InChI=1S/C26H33N3O6/c30-23(24-27-19-8-4-5-9-20(19)34-24)22(18-10-11-18)28-26(32)35-21(16-17-6-2-1-3-7-17)25(31)29-12-14-33-15-13-29/h4-5,8-9,17-18,21-22H,1-3,6-7,10-16H2,(H,28,32). The molecule has 0 radical (unpaired) electrons. The first kappa shape index (κ1) is 23.8. The Labute approximate surface area is 204 Å². The van der Waals surface area contributed by atoms with E-state index in [0.717, 1.165) is 38.5 Å². The number of para-hydroxylation sites is 2. The molecule has 9 heteroatoms. The van der Waals surface area contributed by atoms with E-state index in [1.54, 1.807) is 17.0 Å². The first-order valence-electron chi connectivity index (χ1n) is 12.8.